The maximum absolute atomic E-state index is 12.4. The van der Waals surface area contributed by atoms with E-state index in [2.05, 4.69) is 6.07 Å². The Morgan fingerprint density at radius 1 is 0.811 bits per heavy atom. The fraction of sp³-hybridized carbons (Fsp3) is 0.281. The van der Waals surface area contributed by atoms with Crippen LogP contribution < -0.4 is 18.9 Å². The molecular formula is C32H34O5. The van der Waals surface area contributed by atoms with Crippen LogP contribution in [0.1, 0.15) is 49.2 Å². The van der Waals surface area contributed by atoms with Gasteiger partial charge in [-0.05, 0) is 81.0 Å². The molecule has 37 heavy (non-hydrogen) atoms. The normalized spacial score (nSPS) is 11.1. The molecule has 0 N–H and O–H groups in total. The van der Waals surface area contributed by atoms with E-state index in [0.717, 1.165) is 33.7 Å². The summed E-state index contributed by atoms with van der Waals surface area (Å²) in [5.41, 5.74) is 4.17. The SMILES string of the molecule is COc1cc(C)cc2c(-c3c(C=O)cc(OC(C)C)cc3OC(C)C)ccc(OCc3ccccc3)c12. The molecule has 4 aromatic carbocycles. The Balaban J connectivity index is 1.95. The van der Waals surface area contributed by atoms with Crippen LogP contribution in [0, 0.1) is 6.92 Å². The minimum absolute atomic E-state index is 0.0361. The first-order valence-electron chi connectivity index (χ1n) is 12.6. The Hall–Kier alpha value is -3.99. The Labute approximate surface area is 218 Å². The highest BCUT2D eigenvalue weighted by Crippen LogP contribution is 2.45. The van der Waals surface area contributed by atoms with Crippen LogP contribution in [0.15, 0.2) is 66.7 Å². The van der Waals surface area contributed by atoms with Crippen LogP contribution in [0.4, 0.5) is 0 Å². The Bertz CT molecular complexity index is 1390. The van der Waals surface area contributed by atoms with Crippen LogP contribution in [0.2, 0.25) is 0 Å². The zero-order chi connectivity index (χ0) is 26.5. The van der Waals surface area contributed by atoms with Crippen LogP contribution in [-0.2, 0) is 6.61 Å². The number of aryl methyl sites for hydroxylation is 1. The molecule has 0 aliphatic carbocycles. The molecule has 0 fully saturated rings. The summed E-state index contributed by atoms with van der Waals surface area (Å²) in [5.74, 6) is 2.60. The lowest BCUT2D eigenvalue weighted by Gasteiger charge is -2.21. The Morgan fingerprint density at radius 3 is 2.19 bits per heavy atom. The van der Waals surface area contributed by atoms with E-state index in [1.165, 1.54) is 0 Å². The molecule has 0 saturated heterocycles. The van der Waals surface area contributed by atoms with Gasteiger partial charge in [0.1, 0.15) is 29.6 Å². The highest BCUT2D eigenvalue weighted by atomic mass is 16.5. The van der Waals surface area contributed by atoms with E-state index >= 15 is 0 Å². The second-order valence-electron chi connectivity index (χ2n) is 9.61. The summed E-state index contributed by atoms with van der Waals surface area (Å²) in [5, 5.41) is 1.76. The van der Waals surface area contributed by atoms with E-state index in [4.69, 9.17) is 18.9 Å². The highest BCUT2D eigenvalue weighted by molar-refractivity contribution is 6.07. The highest BCUT2D eigenvalue weighted by Gasteiger charge is 2.21. The van der Waals surface area contributed by atoms with Crippen molar-refractivity contribution in [1.29, 1.82) is 0 Å². The van der Waals surface area contributed by atoms with E-state index in [0.29, 0.717) is 40.7 Å². The van der Waals surface area contributed by atoms with Gasteiger partial charge in [-0.2, -0.15) is 0 Å². The van der Waals surface area contributed by atoms with Crippen LogP contribution >= 0.6 is 0 Å². The average molecular weight is 499 g/mol. The second-order valence-corrected chi connectivity index (χ2v) is 9.61. The van der Waals surface area contributed by atoms with Gasteiger partial charge in [0.2, 0.25) is 0 Å². The molecule has 4 aromatic rings. The van der Waals surface area contributed by atoms with Gasteiger partial charge in [0.05, 0.1) is 24.7 Å². The maximum Gasteiger partial charge on any atom is 0.150 e. The summed E-state index contributed by atoms with van der Waals surface area (Å²) >= 11 is 0. The lowest BCUT2D eigenvalue weighted by atomic mass is 9.92. The molecule has 5 nitrogen and oxygen atoms in total. The van der Waals surface area contributed by atoms with E-state index in [9.17, 15) is 4.79 Å². The molecule has 0 unspecified atom stereocenters. The molecule has 0 saturated carbocycles. The average Bonchev–Trinajstić information content (AvgIpc) is 2.86. The third kappa shape index (κ3) is 5.88. The van der Waals surface area contributed by atoms with E-state index < -0.39 is 0 Å². The van der Waals surface area contributed by atoms with Gasteiger partial charge in [0, 0.05) is 17.2 Å². The van der Waals surface area contributed by atoms with Crippen molar-refractivity contribution in [2.24, 2.45) is 0 Å². The number of fused-ring (bicyclic) bond motifs is 1. The van der Waals surface area contributed by atoms with Crippen molar-refractivity contribution in [3.05, 3.63) is 83.4 Å². The molecule has 192 valence electrons. The molecule has 0 atom stereocenters. The molecule has 0 bridgehead atoms. The number of ether oxygens (including phenoxy) is 4. The number of carbonyl (C=O) groups excluding carboxylic acids is 1. The number of benzene rings is 4. The topological polar surface area (TPSA) is 54.0 Å². The maximum atomic E-state index is 12.4. The fourth-order valence-corrected chi connectivity index (χ4v) is 4.47. The number of hydrogen-bond donors (Lipinski definition) is 0. The first-order valence-corrected chi connectivity index (χ1v) is 12.6. The monoisotopic (exact) mass is 498 g/mol. The number of methoxy groups -OCH3 is 1. The molecule has 0 aliphatic rings. The zero-order valence-electron chi connectivity index (χ0n) is 22.3. The van der Waals surface area contributed by atoms with Gasteiger partial charge in [-0.1, -0.05) is 36.4 Å². The van der Waals surface area contributed by atoms with Crippen LogP contribution in [0.3, 0.4) is 0 Å². The van der Waals surface area contributed by atoms with Gasteiger partial charge in [-0.15, -0.1) is 0 Å². The van der Waals surface area contributed by atoms with Crippen LogP contribution in [0.5, 0.6) is 23.0 Å². The third-order valence-electron chi connectivity index (χ3n) is 5.88. The molecule has 0 radical (unpaired) electrons. The number of hydrogen-bond acceptors (Lipinski definition) is 5. The number of carbonyl (C=O) groups is 1. The summed E-state index contributed by atoms with van der Waals surface area (Å²) in [6, 6.07) is 21.7. The largest absolute Gasteiger partial charge is 0.496 e. The van der Waals surface area contributed by atoms with Gasteiger partial charge in [-0.25, -0.2) is 0 Å². The lowest BCUT2D eigenvalue weighted by Crippen LogP contribution is -2.10. The fourth-order valence-electron chi connectivity index (χ4n) is 4.47. The van der Waals surface area contributed by atoms with Gasteiger partial charge < -0.3 is 18.9 Å². The molecule has 4 rings (SSSR count). The summed E-state index contributed by atoms with van der Waals surface area (Å²) in [6.45, 7) is 10.3. The van der Waals surface area contributed by atoms with Crippen LogP contribution in [-0.4, -0.2) is 25.6 Å². The molecule has 0 aromatic heterocycles. The van der Waals surface area contributed by atoms with Gasteiger partial charge >= 0.3 is 0 Å². The summed E-state index contributed by atoms with van der Waals surface area (Å²) in [7, 11) is 1.66. The van der Waals surface area contributed by atoms with Crippen molar-refractivity contribution in [3.63, 3.8) is 0 Å². The van der Waals surface area contributed by atoms with Crippen molar-refractivity contribution in [1.82, 2.24) is 0 Å². The summed E-state index contributed by atoms with van der Waals surface area (Å²) in [6.07, 6.45) is 0.726. The summed E-state index contributed by atoms with van der Waals surface area (Å²) in [4.78, 5) is 12.4. The van der Waals surface area contributed by atoms with Crippen LogP contribution in [0.25, 0.3) is 21.9 Å². The minimum atomic E-state index is -0.0939. The summed E-state index contributed by atoms with van der Waals surface area (Å²) < 4.78 is 24.3. The van der Waals surface area contributed by atoms with Gasteiger partial charge in [0.15, 0.2) is 6.29 Å². The lowest BCUT2D eigenvalue weighted by molar-refractivity contribution is 0.112. The minimum Gasteiger partial charge on any atom is -0.496 e. The van der Waals surface area contributed by atoms with E-state index in [1.807, 2.05) is 89.2 Å². The Kier molecular flexibility index (Phi) is 8.02. The van der Waals surface area contributed by atoms with E-state index in [-0.39, 0.29) is 12.2 Å². The van der Waals surface area contributed by atoms with Gasteiger partial charge in [-0.3, -0.25) is 4.79 Å². The Morgan fingerprint density at radius 2 is 1.54 bits per heavy atom. The molecule has 0 heterocycles. The van der Waals surface area contributed by atoms with Crippen molar-refractivity contribution >= 4 is 17.1 Å². The first kappa shape index (κ1) is 26.1. The predicted octanol–water partition coefficient (Wildman–Crippen LogP) is 7.79. The molecular weight excluding hydrogens is 464 g/mol. The molecule has 0 amide bonds. The zero-order valence-corrected chi connectivity index (χ0v) is 22.3. The first-order chi connectivity index (χ1) is 17.8. The van der Waals surface area contributed by atoms with Gasteiger partial charge in [0.25, 0.3) is 0 Å². The molecule has 0 spiro atoms. The van der Waals surface area contributed by atoms with E-state index in [1.54, 1.807) is 13.2 Å². The number of rotatable bonds is 10. The van der Waals surface area contributed by atoms with Crippen molar-refractivity contribution in [3.8, 4) is 34.1 Å². The molecule has 0 aliphatic heterocycles. The van der Waals surface area contributed by atoms with Crippen molar-refractivity contribution in [2.45, 2.75) is 53.4 Å². The molecule has 5 heteroatoms. The third-order valence-corrected chi connectivity index (χ3v) is 5.88. The smallest absolute Gasteiger partial charge is 0.150 e. The standard InChI is InChI=1S/C32H34O5/c1-20(2)36-25-16-24(18-33)31(30(17-25)37-21(3)4)26-12-13-28(35-19-23-10-8-7-9-11-23)32-27(26)14-22(5)15-29(32)34-6/h7-18,20-21H,19H2,1-6H3. The number of aldehydes is 1. The van der Waals surface area contributed by atoms with Crippen molar-refractivity contribution < 1.29 is 23.7 Å². The predicted molar refractivity (Wildman–Crippen MR) is 148 cm³/mol. The quantitative estimate of drug-likeness (QED) is 0.209. The second kappa shape index (κ2) is 11.4. The van der Waals surface area contributed by atoms with Crippen molar-refractivity contribution in [2.75, 3.05) is 7.11 Å².